The number of carbonyl (C=O) groups excluding carboxylic acids is 1. The smallest absolute Gasteiger partial charge is 0.394 e. The van der Waals surface area contributed by atoms with Gasteiger partial charge < -0.3 is 14.8 Å². The molecule has 0 fully saturated rings. The van der Waals surface area contributed by atoms with Crippen molar-refractivity contribution in [1.29, 1.82) is 0 Å². The summed E-state index contributed by atoms with van der Waals surface area (Å²) in [5.74, 6) is -2.72. The third-order valence-electron chi connectivity index (χ3n) is 2.74. The Morgan fingerprint density at radius 2 is 1.80 bits per heavy atom. The third-order valence-corrected chi connectivity index (χ3v) is 2.74. The van der Waals surface area contributed by atoms with Crippen LogP contribution in [0.25, 0.3) is 11.0 Å². The van der Waals surface area contributed by atoms with Gasteiger partial charge in [0.15, 0.2) is 0 Å². The summed E-state index contributed by atoms with van der Waals surface area (Å²) in [6, 6.07) is 4.54. The molecule has 0 atom stereocenters. The van der Waals surface area contributed by atoms with Gasteiger partial charge in [-0.3, -0.25) is 4.79 Å². The average molecular weight is 284 g/mol. The van der Waals surface area contributed by atoms with Crippen LogP contribution >= 0.6 is 0 Å². The van der Waals surface area contributed by atoms with E-state index < -0.39 is 17.5 Å². The summed E-state index contributed by atoms with van der Waals surface area (Å²) in [5.41, 5.74) is 1.54. The predicted molar refractivity (Wildman–Crippen MR) is 74.0 cm³/mol. The number of anilines is 1. The average Bonchev–Trinajstić information content (AvgIpc) is 2.31. The van der Waals surface area contributed by atoms with E-state index in [-0.39, 0.29) is 29.6 Å². The Morgan fingerprint density at radius 3 is 2.40 bits per heavy atom. The van der Waals surface area contributed by atoms with Gasteiger partial charge in [-0.05, 0) is 31.0 Å². The van der Waals surface area contributed by atoms with Gasteiger partial charge in [0.1, 0.15) is 5.58 Å². The molecule has 0 aliphatic rings. The summed E-state index contributed by atoms with van der Waals surface area (Å²) in [4.78, 5) is 32.9. The van der Waals surface area contributed by atoms with Crippen LogP contribution in [-0.4, -0.2) is 46.5 Å². The van der Waals surface area contributed by atoms with Gasteiger partial charge in [-0.2, -0.15) is 0 Å². The maximum absolute atomic E-state index is 11.3. The molecule has 0 unspecified atom stereocenters. The normalized spacial score (nSPS) is 9.90. The van der Waals surface area contributed by atoms with E-state index in [1.54, 1.807) is 19.9 Å². The summed E-state index contributed by atoms with van der Waals surface area (Å²) < 4.78 is 5.03. The van der Waals surface area contributed by atoms with E-state index in [1.165, 1.54) is 12.1 Å². The van der Waals surface area contributed by atoms with Crippen molar-refractivity contribution in [2.45, 2.75) is 13.8 Å². The van der Waals surface area contributed by atoms with Gasteiger partial charge in [0.2, 0.25) is 0 Å². The molecule has 1 radical (unpaired) electrons. The molecule has 6 nitrogen and oxygen atoms in total. The SMILES string of the molecule is Cc1cc2c(C)cc(=O)oc2cc1NC(=O)C(=O)O.[Na]. The van der Waals surface area contributed by atoms with E-state index >= 15 is 0 Å². The maximum atomic E-state index is 11.3. The van der Waals surface area contributed by atoms with Crippen LogP contribution in [0.4, 0.5) is 5.69 Å². The summed E-state index contributed by atoms with van der Waals surface area (Å²) >= 11 is 0. The molecule has 0 bridgehead atoms. The zero-order chi connectivity index (χ0) is 14.2. The number of fused-ring (bicyclic) bond motifs is 1. The van der Waals surface area contributed by atoms with Crippen molar-refractivity contribution in [2.24, 2.45) is 0 Å². The number of rotatable bonds is 1. The maximum Gasteiger partial charge on any atom is 0.394 e. The Hall–Kier alpha value is -1.63. The number of carbonyl (C=O) groups is 2. The van der Waals surface area contributed by atoms with Crippen LogP contribution in [0.5, 0.6) is 0 Å². The Kier molecular flexibility index (Phi) is 5.10. The van der Waals surface area contributed by atoms with E-state index in [1.807, 2.05) is 0 Å². The largest absolute Gasteiger partial charge is 0.474 e. The van der Waals surface area contributed by atoms with Gasteiger partial charge in [-0.1, -0.05) is 0 Å². The van der Waals surface area contributed by atoms with Crippen molar-refractivity contribution in [3.05, 3.63) is 39.7 Å². The number of amides is 1. The molecule has 1 aromatic carbocycles. The van der Waals surface area contributed by atoms with E-state index in [4.69, 9.17) is 9.52 Å². The van der Waals surface area contributed by atoms with Crippen LogP contribution < -0.4 is 10.9 Å². The molecule has 99 valence electrons. The van der Waals surface area contributed by atoms with Crippen LogP contribution in [0.15, 0.2) is 27.4 Å². The van der Waals surface area contributed by atoms with Crippen LogP contribution in [0.2, 0.25) is 0 Å². The van der Waals surface area contributed by atoms with Crippen molar-refractivity contribution in [3.8, 4) is 0 Å². The van der Waals surface area contributed by atoms with Crippen LogP contribution in [0, 0.1) is 13.8 Å². The molecule has 0 aliphatic heterocycles. The molecule has 0 spiro atoms. The number of nitrogens with one attached hydrogen (secondary N) is 1. The molecule has 0 saturated heterocycles. The van der Waals surface area contributed by atoms with Crippen molar-refractivity contribution < 1.29 is 19.1 Å². The molecular formula is C13H11NNaO5. The quantitative estimate of drug-likeness (QED) is 0.463. The standard InChI is InChI=1S/C13H11NO5.Na/c1-6-4-11(15)19-10-5-9(7(2)3-8(6)10)14-12(16)13(17)18;/h3-5H,1-2H3,(H,14,16)(H,17,18);. The molecule has 2 N–H and O–H groups in total. The van der Waals surface area contributed by atoms with Crippen LogP contribution in [0.3, 0.4) is 0 Å². The van der Waals surface area contributed by atoms with Crippen molar-refractivity contribution in [1.82, 2.24) is 0 Å². The summed E-state index contributed by atoms with van der Waals surface area (Å²) in [7, 11) is 0. The molecule has 20 heavy (non-hydrogen) atoms. The number of aliphatic carboxylic acids is 1. The zero-order valence-electron chi connectivity index (χ0n) is 11.3. The summed E-state index contributed by atoms with van der Waals surface area (Å²) in [5, 5.41) is 11.5. The van der Waals surface area contributed by atoms with E-state index in [0.29, 0.717) is 16.8 Å². The number of carboxylic acids is 1. The fourth-order valence-electron chi connectivity index (χ4n) is 1.78. The minimum Gasteiger partial charge on any atom is -0.474 e. The molecule has 2 rings (SSSR count). The van der Waals surface area contributed by atoms with E-state index in [2.05, 4.69) is 5.32 Å². The Labute approximate surface area is 136 Å². The predicted octanol–water partition coefficient (Wildman–Crippen LogP) is 1.05. The second-order valence-electron chi connectivity index (χ2n) is 4.17. The topological polar surface area (TPSA) is 96.6 Å². The van der Waals surface area contributed by atoms with E-state index in [9.17, 15) is 14.4 Å². The van der Waals surface area contributed by atoms with Gasteiger partial charge in [0.25, 0.3) is 0 Å². The second kappa shape index (κ2) is 6.21. The van der Waals surface area contributed by atoms with Crippen molar-refractivity contribution >= 4 is 58.1 Å². The number of benzene rings is 1. The fourth-order valence-corrected chi connectivity index (χ4v) is 1.78. The van der Waals surface area contributed by atoms with Crippen molar-refractivity contribution in [2.75, 3.05) is 5.32 Å². The molecule has 2 aromatic rings. The Bertz CT molecular complexity index is 750. The zero-order valence-corrected chi connectivity index (χ0v) is 13.3. The minimum absolute atomic E-state index is 0. The molecule has 0 saturated carbocycles. The molecule has 0 aliphatic carbocycles. The summed E-state index contributed by atoms with van der Waals surface area (Å²) in [6.45, 7) is 3.50. The molecule has 1 heterocycles. The van der Waals surface area contributed by atoms with Gasteiger partial charge in [-0.25, -0.2) is 9.59 Å². The van der Waals surface area contributed by atoms with Gasteiger partial charge in [0.05, 0.1) is 0 Å². The second-order valence-corrected chi connectivity index (χ2v) is 4.17. The molecular weight excluding hydrogens is 273 g/mol. The number of hydrogen-bond acceptors (Lipinski definition) is 4. The Morgan fingerprint density at radius 1 is 1.15 bits per heavy atom. The third kappa shape index (κ3) is 3.27. The first kappa shape index (κ1) is 16.4. The monoisotopic (exact) mass is 284 g/mol. The summed E-state index contributed by atoms with van der Waals surface area (Å²) in [6.07, 6.45) is 0. The van der Waals surface area contributed by atoms with Gasteiger partial charge in [0, 0.05) is 52.8 Å². The minimum atomic E-state index is -1.58. The van der Waals surface area contributed by atoms with Gasteiger partial charge in [-0.15, -0.1) is 0 Å². The first-order chi connectivity index (χ1) is 8.88. The number of hydrogen-bond donors (Lipinski definition) is 2. The van der Waals surface area contributed by atoms with Crippen LogP contribution in [0.1, 0.15) is 11.1 Å². The van der Waals surface area contributed by atoms with Gasteiger partial charge >= 0.3 is 17.5 Å². The molecule has 1 amide bonds. The van der Waals surface area contributed by atoms with E-state index in [0.717, 1.165) is 10.9 Å². The first-order valence-corrected chi connectivity index (χ1v) is 5.48. The molecule has 1 aromatic heterocycles. The Balaban J connectivity index is 0.00000200. The van der Waals surface area contributed by atoms with Crippen molar-refractivity contribution in [3.63, 3.8) is 0 Å². The molecule has 7 heteroatoms. The number of carboxylic acid groups (broad SMARTS) is 1. The van der Waals surface area contributed by atoms with Crippen LogP contribution in [-0.2, 0) is 9.59 Å². The first-order valence-electron chi connectivity index (χ1n) is 5.48. The fraction of sp³-hybridized carbons (Fsp3) is 0.154. The number of aryl methyl sites for hydroxylation is 2.